The highest BCUT2D eigenvalue weighted by molar-refractivity contribution is 5.74. The Morgan fingerprint density at radius 2 is 1.71 bits per heavy atom. The molecule has 0 aliphatic heterocycles. The van der Waals surface area contributed by atoms with Crippen LogP contribution in [0.25, 0.3) is 0 Å². The summed E-state index contributed by atoms with van der Waals surface area (Å²) in [7, 11) is 1.39. The van der Waals surface area contributed by atoms with Crippen LogP contribution in [-0.2, 0) is 27.2 Å². The maximum atomic E-state index is 11.7. The molecule has 1 atom stereocenters. The van der Waals surface area contributed by atoms with Gasteiger partial charge in [0.25, 0.3) is 0 Å². The highest BCUT2D eigenvalue weighted by atomic mass is 16.6. The minimum atomic E-state index is -0.521. The SMILES string of the molecule is CCCCCCCNCc1ccc(CC(OCC)C(=O)OC)cc1. The minimum Gasteiger partial charge on any atom is -0.467 e. The number of hydrogen-bond donors (Lipinski definition) is 1. The summed E-state index contributed by atoms with van der Waals surface area (Å²) in [6.45, 7) is 6.58. The first-order valence-corrected chi connectivity index (χ1v) is 9.19. The van der Waals surface area contributed by atoms with Crippen molar-refractivity contribution in [1.82, 2.24) is 5.32 Å². The molecule has 0 radical (unpaired) electrons. The minimum absolute atomic E-state index is 0.314. The Kier molecular flexibility index (Phi) is 11.2. The number of esters is 1. The van der Waals surface area contributed by atoms with E-state index in [0.717, 1.165) is 18.7 Å². The van der Waals surface area contributed by atoms with Gasteiger partial charge in [0.05, 0.1) is 7.11 Å². The molecule has 1 aromatic rings. The van der Waals surface area contributed by atoms with E-state index in [1.807, 2.05) is 6.92 Å². The van der Waals surface area contributed by atoms with Gasteiger partial charge in [0.1, 0.15) is 0 Å². The van der Waals surface area contributed by atoms with Gasteiger partial charge in [0.2, 0.25) is 0 Å². The number of nitrogens with one attached hydrogen (secondary N) is 1. The van der Waals surface area contributed by atoms with Crippen LogP contribution in [-0.4, -0.2) is 32.3 Å². The van der Waals surface area contributed by atoms with Crippen LogP contribution in [0.4, 0.5) is 0 Å². The van der Waals surface area contributed by atoms with Gasteiger partial charge in [-0.2, -0.15) is 0 Å². The predicted molar refractivity (Wildman–Crippen MR) is 98.0 cm³/mol. The fraction of sp³-hybridized carbons (Fsp3) is 0.650. The molecule has 0 spiro atoms. The number of carbonyl (C=O) groups is 1. The van der Waals surface area contributed by atoms with Crippen LogP contribution < -0.4 is 5.32 Å². The molecule has 1 unspecified atom stereocenters. The fourth-order valence-electron chi connectivity index (χ4n) is 2.64. The van der Waals surface area contributed by atoms with E-state index < -0.39 is 6.10 Å². The molecule has 0 saturated heterocycles. The van der Waals surface area contributed by atoms with Crippen molar-refractivity contribution in [2.45, 2.75) is 65.0 Å². The number of unbranched alkanes of at least 4 members (excludes halogenated alkanes) is 4. The fourth-order valence-corrected chi connectivity index (χ4v) is 2.64. The maximum Gasteiger partial charge on any atom is 0.335 e. The number of rotatable bonds is 13. The first-order valence-electron chi connectivity index (χ1n) is 9.19. The maximum absolute atomic E-state index is 11.7. The third kappa shape index (κ3) is 8.46. The van der Waals surface area contributed by atoms with Crippen molar-refractivity contribution in [3.05, 3.63) is 35.4 Å². The number of ether oxygens (including phenoxy) is 2. The summed E-state index contributed by atoms with van der Waals surface area (Å²) in [4.78, 5) is 11.7. The van der Waals surface area contributed by atoms with Gasteiger partial charge in [-0.3, -0.25) is 0 Å². The molecule has 0 fully saturated rings. The van der Waals surface area contributed by atoms with Crippen molar-refractivity contribution in [3.63, 3.8) is 0 Å². The first-order chi connectivity index (χ1) is 11.7. The molecule has 0 heterocycles. The summed E-state index contributed by atoms with van der Waals surface area (Å²) in [6.07, 6.45) is 6.56. The molecule has 0 saturated carbocycles. The lowest BCUT2D eigenvalue weighted by Crippen LogP contribution is -2.28. The third-order valence-electron chi connectivity index (χ3n) is 4.06. The van der Waals surface area contributed by atoms with E-state index in [2.05, 4.69) is 36.5 Å². The molecule has 1 aromatic carbocycles. The van der Waals surface area contributed by atoms with Gasteiger partial charge >= 0.3 is 5.97 Å². The zero-order chi connectivity index (χ0) is 17.6. The highest BCUT2D eigenvalue weighted by Crippen LogP contribution is 2.10. The Bertz CT molecular complexity index is 445. The van der Waals surface area contributed by atoms with Gasteiger partial charge in [-0.15, -0.1) is 0 Å². The molecule has 0 aromatic heterocycles. The monoisotopic (exact) mass is 335 g/mol. The van der Waals surface area contributed by atoms with Gasteiger partial charge in [-0.25, -0.2) is 4.79 Å². The van der Waals surface area contributed by atoms with E-state index in [9.17, 15) is 4.79 Å². The van der Waals surface area contributed by atoms with Crippen LogP contribution in [0.1, 0.15) is 57.1 Å². The number of benzene rings is 1. The normalized spacial score (nSPS) is 12.1. The van der Waals surface area contributed by atoms with E-state index in [1.54, 1.807) is 0 Å². The van der Waals surface area contributed by atoms with Crippen molar-refractivity contribution in [2.75, 3.05) is 20.3 Å². The Morgan fingerprint density at radius 3 is 2.33 bits per heavy atom. The number of carbonyl (C=O) groups excluding carboxylic acids is 1. The first kappa shape index (κ1) is 20.7. The Labute approximate surface area is 146 Å². The summed E-state index contributed by atoms with van der Waals surface area (Å²) in [5.74, 6) is -0.314. The van der Waals surface area contributed by atoms with Crippen molar-refractivity contribution < 1.29 is 14.3 Å². The molecular formula is C20H33NO3. The standard InChI is InChI=1S/C20H33NO3/c1-4-6-7-8-9-14-21-16-18-12-10-17(11-13-18)15-19(24-5-2)20(22)23-3/h10-13,19,21H,4-9,14-16H2,1-3H3. The van der Waals surface area contributed by atoms with Gasteiger partial charge in [-0.1, -0.05) is 56.9 Å². The number of methoxy groups -OCH3 is 1. The predicted octanol–water partition coefficient (Wildman–Crippen LogP) is 3.87. The summed E-state index contributed by atoms with van der Waals surface area (Å²) in [5.41, 5.74) is 2.35. The molecule has 136 valence electrons. The third-order valence-corrected chi connectivity index (χ3v) is 4.06. The van der Waals surface area contributed by atoms with E-state index in [4.69, 9.17) is 9.47 Å². The van der Waals surface area contributed by atoms with Crippen LogP contribution in [0, 0.1) is 0 Å². The topological polar surface area (TPSA) is 47.6 Å². The van der Waals surface area contributed by atoms with E-state index >= 15 is 0 Å². The molecule has 0 aliphatic rings. The van der Waals surface area contributed by atoms with Crippen molar-refractivity contribution >= 4 is 5.97 Å². The molecule has 1 N–H and O–H groups in total. The average molecular weight is 335 g/mol. The lowest BCUT2D eigenvalue weighted by Gasteiger charge is -2.15. The van der Waals surface area contributed by atoms with Crippen LogP contribution in [0.2, 0.25) is 0 Å². The van der Waals surface area contributed by atoms with Crippen LogP contribution in [0.15, 0.2) is 24.3 Å². The van der Waals surface area contributed by atoms with Gasteiger partial charge in [0.15, 0.2) is 6.10 Å². The van der Waals surface area contributed by atoms with Crippen molar-refractivity contribution in [3.8, 4) is 0 Å². The second-order valence-corrected chi connectivity index (χ2v) is 6.08. The summed E-state index contributed by atoms with van der Waals surface area (Å²) in [5, 5.41) is 3.49. The quantitative estimate of drug-likeness (QED) is 0.439. The zero-order valence-corrected chi connectivity index (χ0v) is 15.5. The largest absolute Gasteiger partial charge is 0.467 e. The van der Waals surface area contributed by atoms with E-state index in [1.165, 1.54) is 44.8 Å². The van der Waals surface area contributed by atoms with E-state index in [-0.39, 0.29) is 5.97 Å². The Hall–Kier alpha value is -1.39. The van der Waals surface area contributed by atoms with Crippen molar-refractivity contribution in [1.29, 1.82) is 0 Å². The summed E-state index contributed by atoms with van der Waals surface area (Å²) in [6, 6.07) is 8.35. The van der Waals surface area contributed by atoms with Crippen LogP contribution in [0.3, 0.4) is 0 Å². The van der Waals surface area contributed by atoms with E-state index in [0.29, 0.717) is 13.0 Å². The van der Waals surface area contributed by atoms with Gasteiger partial charge in [-0.05, 0) is 31.0 Å². The van der Waals surface area contributed by atoms with Crippen LogP contribution >= 0.6 is 0 Å². The lowest BCUT2D eigenvalue weighted by atomic mass is 10.1. The summed E-state index contributed by atoms with van der Waals surface area (Å²) >= 11 is 0. The zero-order valence-electron chi connectivity index (χ0n) is 15.5. The lowest BCUT2D eigenvalue weighted by molar-refractivity contribution is -0.153. The second kappa shape index (κ2) is 13.0. The average Bonchev–Trinajstić information content (AvgIpc) is 2.61. The molecular weight excluding hydrogens is 302 g/mol. The molecule has 4 nitrogen and oxygen atoms in total. The Morgan fingerprint density at radius 1 is 1.04 bits per heavy atom. The molecule has 0 amide bonds. The second-order valence-electron chi connectivity index (χ2n) is 6.08. The number of hydrogen-bond acceptors (Lipinski definition) is 4. The Balaban J connectivity index is 2.33. The molecule has 4 heteroatoms. The highest BCUT2D eigenvalue weighted by Gasteiger charge is 2.19. The molecule has 24 heavy (non-hydrogen) atoms. The molecule has 1 rings (SSSR count). The summed E-state index contributed by atoms with van der Waals surface area (Å²) < 4.78 is 10.2. The molecule has 0 bridgehead atoms. The van der Waals surface area contributed by atoms with Crippen molar-refractivity contribution in [2.24, 2.45) is 0 Å². The van der Waals surface area contributed by atoms with Gasteiger partial charge < -0.3 is 14.8 Å². The molecule has 0 aliphatic carbocycles. The van der Waals surface area contributed by atoms with Gasteiger partial charge in [0, 0.05) is 19.6 Å². The van der Waals surface area contributed by atoms with Crippen LogP contribution in [0.5, 0.6) is 0 Å². The smallest absolute Gasteiger partial charge is 0.335 e.